The summed E-state index contributed by atoms with van der Waals surface area (Å²) in [7, 11) is 1.70. The van der Waals surface area contributed by atoms with Gasteiger partial charge in [0.15, 0.2) is 0 Å². The van der Waals surface area contributed by atoms with Crippen LogP contribution in [-0.2, 0) is 7.05 Å². The number of nitrogens with zero attached hydrogens (tertiary/aromatic N) is 1. The number of halogens is 1. The number of ether oxygens (including phenoxy) is 1. The van der Waals surface area contributed by atoms with Crippen LogP contribution in [-0.4, -0.2) is 4.57 Å². The van der Waals surface area contributed by atoms with Gasteiger partial charge in [0.2, 0.25) is 5.56 Å². The first-order valence-corrected chi connectivity index (χ1v) is 7.41. The fourth-order valence-corrected chi connectivity index (χ4v) is 2.45. The van der Waals surface area contributed by atoms with E-state index in [4.69, 9.17) is 22.1 Å². The quantitative estimate of drug-likeness (QED) is 0.738. The highest BCUT2D eigenvalue weighted by atomic mass is 35.5. The SMILES string of the molecule is Cn1cc(-c2cc(N)ccc2Oc2cccc(Cl)c2)ccc1=O. The van der Waals surface area contributed by atoms with Crippen molar-refractivity contribution in [3.8, 4) is 22.6 Å². The van der Waals surface area contributed by atoms with Gasteiger partial charge < -0.3 is 15.0 Å². The van der Waals surface area contributed by atoms with E-state index in [1.165, 1.54) is 10.6 Å². The predicted molar refractivity (Wildman–Crippen MR) is 93.1 cm³/mol. The number of nitrogen functional groups attached to an aromatic ring is 1. The van der Waals surface area contributed by atoms with Gasteiger partial charge in [0.05, 0.1) is 0 Å². The molecule has 0 aliphatic carbocycles. The molecule has 5 heteroatoms. The Balaban J connectivity index is 2.07. The molecule has 3 rings (SSSR count). The molecule has 1 aromatic heterocycles. The van der Waals surface area contributed by atoms with Crippen LogP contribution in [0.5, 0.6) is 11.5 Å². The van der Waals surface area contributed by atoms with Crippen LogP contribution in [0.2, 0.25) is 5.02 Å². The Morgan fingerprint density at radius 1 is 1.09 bits per heavy atom. The number of hydrogen-bond acceptors (Lipinski definition) is 3. The first-order valence-electron chi connectivity index (χ1n) is 7.03. The van der Waals surface area contributed by atoms with E-state index in [1.807, 2.05) is 18.2 Å². The lowest BCUT2D eigenvalue weighted by Crippen LogP contribution is -2.14. The van der Waals surface area contributed by atoms with Crippen LogP contribution in [0, 0.1) is 0 Å². The second kappa shape index (κ2) is 6.18. The summed E-state index contributed by atoms with van der Waals surface area (Å²) >= 11 is 5.99. The Morgan fingerprint density at radius 2 is 1.91 bits per heavy atom. The zero-order valence-corrected chi connectivity index (χ0v) is 13.2. The molecule has 0 aliphatic heterocycles. The molecule has 0 radical (unpaired) electrons. The van der Waals surface area contributed by atoms with E-state index in [9.17, 15) is 4.79 Å². The molecule has 0 spiro atoms. The van der Waals surface area contributed by atoms with Crippen molar-refractivity contribution >= 4 is 17.3 Å². The molecule has 2 aromatic carbocycles. The van der Waals surface area contributed by atoms with Crippen LogP contribution in [0.1, 0.15) is 0 Å². The zero-order valence-electron chi connectivity index (χ0n) is 12.5. The number of aryl methyl sites for hydroxylation is 1. The molecule has 4 nitrogen and oxygen atoms in total. The maximum absolute atomic E-state index is 11.6. The van der Waals surface area contributed by atoms with Crippen LogP contribution >= 0.6 is 11.6 Å². The second-order valence-corrected chi connectivity index (χ2v) is 5.62. The van der Waals surface area contributed by atoms with Crippen molar-refractivity contribution in [3.63, 3.8) is 0 Å². The Hall–Kier alpha value is -2.72. The van der Waals surface area contributed by atoms with Gasteiger partial charge in [-0.05, 0) is 42.5 Å². The summed E-state index contributed by atoms with van der Waals surface area (Å²) in [4.78, 5) is 11.6. The molecular weight excluding hydrogens is 312 g/mol. The molecule has 1 heterocycles. The monoisotopic (exact) mass is 326 g/mol. The number of anilines is 1. The first kappa shape index (κ1) is 15.2. The van der Waals surface area contributed by atoms with Gasteiger partial charge in [0.1, 0.15) is 11.5 Å². The molecule has 0 amide bonds. The number of pyridine rings is 1. The largest absolute Gasteiger partial charge is 0.457 e. The molecule has 0 aliphatic rings. The normalized spacial score (nSPS) is 10.5. The van der Waals surface area contributed by atoms with Gasteiger partial charge in [0, 0.05) is 41.1 Å². The number of rotatable bonds is 3. The number of hydrogen-bond donors (Lipinski definition) is 1. The highest BCUT2D eigenvalue weighted by Gasteiger charge is 2.09. The molecule has 0 unspecified atom stereocenters. The van der Waals surface area contributed by atoms with E-state index in [2.05, 4.69) is 0 Å². The minimum atomic E-state index is -0.0741. The molecule has 116 valence electrons. The highest BCUT2D eigenvalue weighted by Crippen LogP contribution is 2.35. The summed E-state index contributed by atoms with van der Waals surface area (Å²) < 4.78 is 7.46. The summed E-state index contributed by atoms with van der Waals surface area (Å²) in [5.41, 5.74) is 8.10. The van der Waals surface area contributed by atoms with Crippen LogP contribution < -0.4 is 16.0 Å². The predicted octanol–water partition coefficient (Wildman–Crippen LogP) is 4.08. The van der Waals surface area contributed by atoms with Crippen molar-refractivity contribution < 1.29 is 4.74 Å². The molecule has 0 saturated carbocycles. The van der Waals surface area contributed by atoms with E-state index in [1.54, 1.807) is 43.6 Å². The van der Waals surface area contributed by atoms with Crippen molar-refractivity contribution in [3.05, 3.63) is 76.2 Å². The summed E-state index contributed by atoms with van der Waals surface area (Å²) in [5.74, 6) is 1.27. The smallest absolute Gasteiger partial charge is 0.250 e. The maximum atomic E-state index is 11.6. The minimum Gasteiger partial charge on any atom is -0.457 e. The highest BCUT2D eigenvalue weighted by molar-refractivity contribution is 6.30. The lowest BCUT2D eigenvalue weighted by molar-refractivity contribution is 0.484. The lowest BCUT2D eigenvalue weighted by Gasteiger charge is -2.13. The number of aromatic nitrogens is 1. The maximum Gasteiger partial charge on any atom is 0.250 e. The molecule has 0 fully saturated rings. The Labute approximate surface area is 138 Å². The van der Waals surface area contributed by atoms with E-state index >= 15 is 0 Å². The third-order valence-corrected chi connectivity index (χ3v) is 3.66. The van der Waals surface area contributed by atoms with Crippen molar-refractivity contribution in [1.82, 2.24) is 4.57 Å². The number of benzene rings is 2. The average Bonchev–Trinajstić information content (AvgIpc) is 2.52. The summed E-state index contributed by atoms with van der Waals surface area (Å²) in [6.45, 7) is 0. The zero-order chi connectivity index (χ0) is 16.4. The third-order valence-electron chi connectivity index (χ3n) is 3.42. The fourth-order valence-electron chi connectivity index (χ4n) is 2.27. The fraction of sp³-hybridized carbons (Fsp3) is 0.0556. The Kier molecular flexibility index (Phi) is 4.08. The second-order valence-electron chi connectivity index (χ2n) is 5.18. The van der Waals surface area contributed by atoms with Gasteiger partial charge in [-0.3, -0.25) is 4.79 Å². The molecule has 2 N–H and O–H groups in total. The van der Waals surface area contributed by atoms with Gasteiger partial charge in [-0.2, -0.15) is 0 Å². The molecule has 0 atom stereocenters. The van der Waals surface area contributed by atoms with E-state index in [-0.39, 0.29) is 5.56 Å². The molecule has 3 aromatic rings. The third kappa shape index (κ3) is 3.38. The topological polar surface area (TPSA) is 57.2 Å². The Morgan fingerprint density at radius 3 is 2.65 bits per heavy atom. The van der Waals surface area contributed by atoms with Gasteiger partial charge in [-0.15, -0.1) is 0 Å². The van der Waals surface area contributed by atoms with Crippen molar-refractivity contribution in [2.45, 2.75) is 0 Å². The lowest BCUT2D eigenvalue weighted by atomic mass is 10.1. The van der Waals surface area contributed by atoms with E-state index < -0.39 is 0 Å². The molecule has 0 bridgehead atoms. The standard InChI is InChI=1S/C18H15ClN2O2/c1-21-11-12(5-8-18(21)22)16-10-14(20)6-7-17(16)23-15-4-2-3-13(19)9-15/h2-11H,20H2,1H3. The summed E-state index contributed by atoms with van der Waals surface area (Å²) in [5, 5.41) is 0.599. The van der Waals surface area contributed by atoms with E-state index in [0.29, 0.717) is 22.2 Å². The van der Waals surface area contributed by atoms with Gasteiger partial charge in [-0.25, -0.2) is 0 Å². The first-order chi connectivity index (χ1) is 11.0. The van der Waals surface area contributed by atoms with Gasteiger partial charge in [0.25, 0.3) is 0 Å². The Bertz CT molecular complexity index is 919. The minimum absolute atomic E-state index is 0.0741. The van der Waals surface area contributed by atoms with Gasteiger partial charge in [-0.1, -0.05) is 17.7 Å². The van der Waals surface area contributed by atoms with Gasteiger partial charge >= 0.3 is 0 Å². The van der Waals surface area contributed by atoms with Crippen molar-refractivity contribution in [1.29, 1.82) is 0 Å². The number of nitrogens with two attached hydrogens (primary N) is 1. The summed E-state index contributed by atoms with van der Waals surface area (Å²) in [6.07, 6.45) is 1.75. The molecule has 23 heavy (non-hydrogen) atoms. The van der Waals surface area contributed by atoms with Crippen molar-refractivity contribution in [2.24, 2.45) is 7.05 Å². The van der Waals surface area contributed by atoms with Crippen LogP contribution in [0.15, 0.2) is 65.6 Å². The molecular formula is C18H15ClN2O2. The van der Waals surface area contributed by atoms with Crippen LogP contribution in [0.25, 0.3) is 11.1 Å². The molecule has 0 saturated heterocycles. The summed E-state index contributed by atoms with van der Waals surface area (Å²) in [6, 6.07) is 15.8. The van der Waals surface area contributed by atoms with Crippen molar-refractivity contribution in [2.75, 3.05) is 5.73 Å². The van der Waals surface area contributed by atoms with E-state index in [0.717, 1.165) is 11.1 Å². The van der Waals surface area contributed by atoms with Crippen LogP contribution in [0.4, 0.5) is 5.69 Å². The average molecular weight is 327 g/mol. The van der Waals surface area contributed by atoms with Crippen LogP contribution in [0.3, 0.4) is 0 Å².